The zero-order valence-corrected chi connectivity index (χ0v) is 12.0. The maximum Gasteiger partial charge on any atom is 0.236 e. The smallest absolute Gasteiger partial charge is 0.236 e. The Morgan fingerprint density at radius 1 is 1.33 bits per heavy atom. The van der Waals surface area contributed by atoms with Crippen molar-refractivity contribution in [3.05, 3.63) is 0 Å². The molecule has 0 atom stereocenters. The Balaban J connectivity index is 1.84. The molecule has 0 aromatic rings. The van der Waals surface area contributed by atoms with Crippen molar-refractivity contribution in [2.24, 2.45) is 5.41 Å². The van der Waals surface area contributed by atoms with Gasteiger partial charge in [0.15, 0.2) is 0 Å². The maximum absolute atomic E-state index is 12.1. The van der Waals surface area contributed by atoms with Gasteiger partial charge >= 0.3 is 0 Å². The molecule has 2 saturated heterocycles. The van der Waals surface area contributed by atoms with Gasteiger partial charge in [0.1, 0.15) is 0 Å². The van der Waals surface area contributed by atoms with E-state index < -0.39 is 0 Å². The molecule has 4 heteroatoms. The fourth-order valence-corrected chi connectivity index (χ4v) is 3.12. The number of likely N-dealkylation sites (N-methyl/N-ethyl adjacent to an activating group) is 1. The fourth-order valence-electron chi connectivity index (χ4n) is 3.12. The summed E-state index contributed by atoms with van der Waals surface area (Å²) in [5, 5.41) is 3.43. The third-order valence-electron chi connectivity index (χ3n) is 4.71. The summed E-state index contributed by atoms with van der Waals surface area (Å²) in [6, 6.07) is 0.299. The molecular formula is C14H27N3O. The fraction of sp³-hybridized carbons (Fsp3) is 0.929. The van der Waals surface area contributed by atoms with E-state index in [9.17, 15) is 4.79 Å². The number of piperidine rings is 1. The van der Waals surface area contributed by atoms with E-state index in [4.69, 9.17) is 0 Å². The zero-order valence-electron chi connectivity index (χ0n) is 12.0. The largest absolute Gasteiger partial charge is 0.342 e. The van der Waals surface area contributed by atoms with Gasteiger partial charge in [-0.05, 0) is 58.2 Å². The molecule has 104 valence electrons. The predicted octanol–water partition coefficient (Wildman–Crippen LogP) is 0.929. The van der Waals surface area contributed by atoms with Gasteiger partial charge in [-0.3, -0.25) is 9.69 Å². The lowest BCUT2D eigenvalue weighted by Crippen LogP contribution is -2.43. The minimum Gasteiger partial charge on any atom is -0.342 e. The van der Waals surface area contributed by atoms with Crippen LogP contribution in [0.2, 0.25) is 0 Å². The average molecular weight is 253 g/mol. The number of hydrogen-bond acceptors (Lipinski definition) is 3. The molecule has 1 N–H and O–H groups in total. The molecule has 2 rings (SSSR count). The van der Waals surface area contributed by atoms with Crippen LogP contribution in [0.4, 0.5) is 0 Å². The molecule has 2 heterocycles. The second-order valence-corrected chi connectivity index (χ2v) is 6.31. The highest BCUT2D eigenvalue weighted by atomic mass is 16.2. The molecule has 1 spiro atoms. The van der Waals surface area contributed by atoms with Gasteiger partial charge in [-0.1, -0.05) is 0 Å². The van der Waals surface area contributed by atoms with E-state index in [0.29, 0.717) is 18.0 Å². The van der Waals surface area contributed by atoms with Crippen molar-refractivity contribution in [1.82, 2.24) is 15.1 Å². The summed E-state index contributed by atoms with van der Waals surface area (Å²) in [7, 11) is 1.91. The van der Waals surface area contributed by atoms with Gasteiger partial charge in [0.05, 0.1) is 6.54 Å². The summed E-state index contributed by atoms with van der Waals surface area (Å²) in [5.41, 5.74) is 0.502. The van der Waals surface area contributed by atoms with Crippen LogP contribution >= 0.6 is 0 Å². The van der Waals surface area contributed by atoms with Crippen molar-refractivity contribution in [3.63, 3.8) is 0 Å². The summed E-state index contributed by atoms with van der Waals surface area (Å²) < 4.78 is 0. The van der Waals surface area contributed by atoms with Gasteiger partial charge in [0.25, 0.3) is 0 Å². The summed E-state index contributed by atoms with van der Waals surface area (Å²) in [6.45, 7) is 9.24. The summed E-state index contributed by atoms with van der Waals surface area (Å²) in [6.07, 6.45) is 3.82. The molecule has 2 aliphatic heterocycles. The zero-order chi connectivity index (χ0) is 13.2. The first-order valence-corrected chi connectivity index (χ1v) is 7.21. The van der Waals surface area contributed by atoms with Crippen LogP contribution in [0.3, 0.4) is 0 Å². The maximum atomic E-state index is 12.1. The Kier molecular flexibility index (Phi) is 4.28. The van der Waals surface area contributed by atoms with Crippen molar-refractivity contribution in [1.29, 1.82) is 0 Å². The molecule has 18 heavy (non-hydrogen) atoms. The average Bonchev–Trinajstić information content (AvgIpc) is 2.71. The number of amides is 1. The highest BCUT2D eigenvalue weighted by Gasteiger charge is 2.39. The molecule has 0 aliphatic carbocycles. The number of hydrogen-bond donors (Lipinski definition) is 1. The van der Waals surface area contributed by atoms with Crippen LogP contribution in [0.1, 0.15) is 33.1 Å². The molecule has 0 aromatic heterocycles. The second kappa shape index (κ2) is 5.57. The third kappa shape index (κ3) is 3.04. The first kappa shape index (κ1) is 13.8. The number of carbonyl (C=O) groups excluding carboxylic acids is 1. The van der Waals surface area contributed by atoms with Crippen molar-refractivity contribution >= 4 is 5.91 Å². The minimum absolute atomic E-state index is 0.260. The predicted molar refractivity (Wildman–Crippen MR) is 73.5 cm³/mol. The Labute approximate surface area is 111 Å². The van der Waals surface area contributed by atoms with Crippen LogP contribution in [0.5, 0.6) is 0 Å². The van der Waals surface area contributed by atoms with Gasteiger partial charge < -0.3 is 10.2 Å². The molecule has 2 aliphatic rings. The second-order valence-electron chi connectivity index (χ2n) is 6.31. The SMILES string of the molecule is CC(C)N(C)C(=O)CN1CCC2(CCNCC2)C1. The molecule has 0 aromatic carbocycles. The number of carbonyl (C=O) groups is 1. The van der Waals surface area contributed by atoms with E-state index in [1.54, 1.807) is 0 Å². The third-order valence-corrected chi connectivity index (χ3v) is 4.71. The highest BCUT2D eigenvalue weighted by molar-refractivity contribution is 5.78. The van der Waals surface area contributed by atoms with E-state index in [1.807, 2.05) is 11.9 Å². The number of rotatable bonds is 3. The lowest BCUT2D eigenvalue weighted by atomic mass is 9.78. The minimum atomic E-state index is 0.260. The Hall–Kier alpha value is -0.610. The van der Waals surface area contributed by atoms with Crippen LogP contribution in [-0.4, -0.2) is 61.5 Å². The van der Waals surface area contributed by atoms with Gasteiger partial charge in [0.2, 0.25) is 5.91 Å². The number of likely N-dealkylation sites (tertiary alicyclic amines) is 1. The first-order valence-electron chi connectivity index (χ1n) is 7.21. The molecule has 0 radical (unpaired) electrons. The van der Waals surface area contributed by atoms with Gasteiger partial charge in [0, 0.05) is 19.6 Å². The molecule has 4 nitrogen and oxygen atoms in total. The Morgan fingerprint density at radius 3 is 2.61 bits per heavy atom. The number of nitrogens with one attached hydrogen (secondary N) is 1. The van der Waals surface area contributed by atoms with E-state index in [1.165, 1.54) is 19.3 Å². The van der Waals surface area contributed by atoms with Crippen LogP contribution in [0.25, 0.3) is 0 Å². The van der Waals surface area contributed by atoms with E-state index in [-0.39, 0.29) is 5.91 Å². The molecule has 1 amide bonds. The van der Waals surface area contributed by atoms with Crippen LogP contribution in [0, 0.1) is 5.41 Å². The van der Waals surface area contributed by atoms with Crippen LogP contribution in [-0.2, 0) is 4.79 Å². The monoisotopic (exact) mass is 253 g/mol. The molecule has 0 bridgehead atoms. The lowest BCUT2D eigenvalue weighted by molar-refractivity contribution is -0.132. The lowest BCUT2D eigenvalue weighted by Gasteiger charge is -2.34. The summed E-state index contributed by atoms with van der Waals surface area (Å²) in [4.78, 5) is 16.3. The van der Waals surface area contributed by atoms with Crippen molar-refractivity contribution in [2.75, 3.05) is 39.8 Å². The number of nitrogens with zero attached hydrogens (tertiary/aromatic N) is 2. The molecule has 0 saturated carbocycles. The normalized spacial score (nSPS) is 23.8. The van der Waals surface area contributed by atoms with Crippen LogP contribution in [0.15, 0.2) is 0 Å². The van der Waals surface area contributed by atoms with Gasteiger partial charge in [-0.2, -0.15) is 0 Å². The van der Waals surface area contributed by atoms with E-state index in [2.05, 4.69) is 24.1 Å². The van der Waals surface area contributed by atoms with Crippen molar-refractivity contribution in [2.45, 2.75) is 39.2 Å². The highest BCUT2D eigenvalue weighted by Crippen LogP contribution is 2.38. The molecular weight excluding hydrogens is 226 g/mol. The van der Waals surface area contributed by atoms with E-state index >= 15 is 0 Å². The van der Waals surface area contributed by atoms with Crippen molar-refractivity contribution in [3.8, 4) is 0 Å². The summed E-state index contributed by atoms with van der Waals surface area (Å²) in [5.74, 6) is 0.260. The van der Waals surface area contributed by atoms with E-state index in [0.717, 1.165) is 26.2 Å². The topological polar surface area (TPSA) is 35.6 Å². The first-order chi connectivity index (χ1) is 8.52. The van der Waals surface area contributed by atoms with Gasteiger partial charge in [-0.15, -0.1) is 0 Å². The van der Waals surface area contributed by atoms with Crippen LogP contribution < -0.4 is 5.32 Å². The molecule has 0 unspecified atom stereocenters. The summed E-state index contributed by atoms with van der Waals surface area (Å²) >= 11 is 0. The standard InChI is InChI=1S/C14H27N3O/c1-12(2)16(3)13(18)10-17-9-6-14(11-17)4-7-15-8-5-14/h12,15H,4-11H2,1-3H3. The quantitative estimate of drug-likeness (QED) is 0.813. The van der Waals surface area contributed by atoms with Crippen molar-refractivity contribution < 1.29 is 4.79 Å². The Morgan fingerprint density at radius 2 is 2.00 bits per heavy atom. The van der Waals surface area contributed by atoms with Gasteiger partial charge in [-0.25, -0.2) is 0 Å². The molecule has 2 fully saturated rings. The Bertz CT molecular complexity index is 297.